The van der Waals surface area contributed by atoms with E-state index in [1.54, 1.807) is 0 Å². The molecule has 0 atom stereocenters. The van der Waals surface area contributed by atoms with Crippen LogP contribution in [-0.2, 0) is 14.3 Å². The van der Waals surface area contributed by atoms with Crippen molar-refractivity contribution in [1.29, 1.82) is 0 Å². The Hall–Kier alpha value is -0.650. The third-order valence-electron chi connectivity index (χ3n) is 3.69. The summed E-state index contributed by atoms with van der Waals surface area (Å²) in [7, 11) is 0. The average Bonchev–Trinajstić information content (AvgIpc) is 2.42. The van der Waals surface area contributed by atoms with Crippen molar-refractivity contribution in [3.05, 3.63) is 0 Å². The largest absolute Gasteiger partial charge is 0.381 e. The van der Waals surface area contributed by atoms with Crippen LogP contribution in [0.1, 0.15) is 33.1 Å². The molecule has 0 aliphatic carbocycles. The summed E-state index contributed by atoms with van der Waals surface area (Å²) in [6.45, 7) is 7.84. The van der Waals surface area contributed by atoms with Crippen molar-refractivity contribution in [2.24, 2.45) is 17.1 Å². The molecule has 0 spiro atoms. The Labute approximate surface area is 116 Å². The van der Waals surface area contributed by atoms with Gasteiger partial charge in [-0.15, -0.1) is 0 Å². The van der Waals surface area contributed by atoms with Crippen LogP contribution in [0.15, 0.2) is 0 Å². The molecule has 19 heavy (non-hydrogen) atoms. The van der Waals surface area contributed by atoms with Crippen LogP contribution >= 0.6 is 0 Å². The maximum atomic E-state index is 12.2. The van der Waals surface area contributed by atoms with Gasteiger partial charge in [0.25, 0.3) is 0 Å². The normalized spacial score (nSPS) is 18.5. The first kappa shape index (κ1) is 16.4. The molecule has 0 unspecified atom stereocenters. The Balaban J connectivity index is 2.18. The van der Waals surface area contributed by atoms with Crippen LogP contribution in [0.25, 0.3) is 0 Å². The second-order valence-electron chi connectivity index (χ2n) is 5.65. The highest BCUT2D eigenvalue weighted by atomic mass is 16.5. The van der Waals surface area contributed by atoms with Gasteiger partial charge in [0, 0.05) is 32.9 Å². The molecule has 0 aromatic rings. The molecular weight excluding hydrogens is 244 g/mol. The van der Waals surface area contributed by atoms with Crippen molar-refractivity contribution in [2.75, 3.05) is 39.5 Å². The summed E-state index contributed by atoms with van der Waals surface area (Å²) >= 11 is 0. The zero-order chi connectivity index (χ0) is 14.1. The molecule has 112 valence electrons. The van der Waals surface area contributed by atoms with Crippen LogP contribution in [0.4, 0.5) is 0 Å². The van der Waals surface area contributed by atoms with Gasteiger partial charge in [-0.25, -0.2) is 0 Å². The summed E-state index contributed by atoms with van der Waals surface area (Å²) in [5.41, 5.74) is 5.34. The second-order valence-corrected chi connectivity index (χ2v) is 5.65. The van der Waals surface area contributed by atoms with E-state index >= 15 is 0 Å². The van der Waals surface area contributed by atoms with Crippen LogP contribution < -0.4 is 11.1 Å². The predicted octanol–water partition coefficient (Wildman–Crippen LogP) is 0.921. The van der Waals surface area contributed by atoms with E-state index in [9.17, 15) is 4.79 Å². The fourth-order valence-electron chi connectivity index (χ4n) is 2.13. The van der Waals surface area contributed by atoms with Crippen LogP contribution in [0.3, 0.4) is 0 Å². The van der Waals surface area contributed by atoms with Crippen molar-refractivity contribution >= 4 is 5.91 Å². The van der Waals surface area contributed by atoms with Gasteiger partial charge in [-0.2, -0.15) is 0 Å². The molecule has 0 radical (unpaired) electrons. The molecule has 0 aromatic heterocycles. The van der Waals surface area contributed by atoms with Gasteiger partial charge in [0.1, 0.15) is 0 Å². The van der Waals surface area contributed by atoms with Crippen molar-refractivity contribution in [2.45, 2.75) is 33.1 Å². The Morgan fingerprint density at radius 3 is 2.63 bits per heavy atom. The molecule has 0 bridgehead atoms. The summed E-state index contributed by atoms with van der Waals surface area (Å²) in [5.74, 6) is 0.697. The first-order chi connectivity index (χ1) is 9.10. The molecule has 0 saturated carbocycles. The van der Waals surface area contributed by atoms with Gasteiger partial charge in [0.05, 0.1) is 12.0 Å². The van der Waals surface area contributed by atoms with E-state index in [2.05, 4.69) is 19.2 Å². The third kappa shape index (κ3) is 5.47. The summed E-state index contributed by atoms with van der Waals surface area (Å²) in [6, 6.07) is 0. The highest BCUT2D eigenvalue weighted by Crippen LogP contribution is 2.29. The molecule has 1 aliphatic heterocycles. The first-order valence-corrected chi connectivity index (χ1v) is 7.24. The Morgan fingerprint density at radius 2 is 2.05 bits per heavy atom. The molecule has 5 nitrogen and oxygen atoms in total. The van der Waals surface area contributed by atoms with E-state index in [4.69, 9.17) is 15.2 Å². The van der Waals surface area contributed by atoms with Crippen LogP contribution in [0.2, 0.25) is 0 Å². The van der Waals surface area contributed by atoms with Crippen molar-refractivity contribution < 1.29 is 14.3 Å². The van der Waals surface area contributed by atoms with E-state index < -0.39 is 5.41 Å². The lowest BCUT2D eigenvalue weighted by Gasteiger charge is -2.34. The van der Waals surface area contributed by atoms with Crippen molar-refractivity contribution in [1.82, 2.24) is 5.32 Å². The molecule has 1 saturated heterocycles. The minimum Gasteiger partial charge on any atom is -0.381 e. The first-order valence-electron chi connectivity index (χ1n) is 7.24. The number of rotatable bonds is 8. The van der Waals surface area contributed by atoms with Gasteiger partial charge in [-0.1, -0.05) is 13.8 Å². The standard InChI is InChI=1S/C14H28N2O3/c1-12(2)3-7-18-10-6-16-13(17)14(11-15)4-8-19-9-5-14/h12H,3-11,15H2,1-2H3,(H,16,17). The zero-order valence-corrected chi connectivity index (χ0v) is 12.2. The number of nitrogens with one attached hydrogen (secondary N) is 1. The van der Waals surface area contributed by atoms with E-state index in [1.165, 1.54) is 0 Å². The number of carbonyl (C=O) groups is 1. The average molecular weight is 272 g/mol. The number of amides is 1. The molecule has 1 amide bonds. The smallest absolute Gasteiger partial charge is 0.227 e. The number of hydrogen-bond acceptors (Lipinski definition) is 4. The van der Waals surface area contributed by atoms with Crippen molar-refractivity contribution in [3.8, 4) is 0 Å². The summed E-state index contributed by atoms with van der Waals surface area (Å²) in [5, 5.41) is 2.93. The lowest BCUT2D eigenvalue weighted by molar-refractivity contribution is -0.136. The highest BCUT2D eigenvalue weighted by molar-refractivity contribution is 5.83. The highest BCUT2D eigenvalue weighted by Gasteiger charge is 2.38. The molecule has 1 rings (SSSR count). The zero-order valence-electron chi connectivity index (χ0n) is 12.2. The minimum absolute atomic E-state index is 0.0470. The molecule has 0 aromatic carbocycles. The molecule has 5 heteroatoms. The van der Waals surface area contributed by atoms with Crippen LogP contribution in [0, 0.1) is 11.3 Å². The lowest BCUT2D eigenvalue weighted by Crippen LogP contribution is -2.49. The quantitative estimate of drug-likeness (QED) is 0.644. The van der Waals surface area contributed by atoms with Crippen LogP contribution in [-0.4, -0.2) is 45.4 Å². The number of carbonyl (C=O) groups excluding carboxylic acids is 1. The maximum absolute atomic E-state index is 12.2. The molecule has 3 N–H and O–H groups in total. The molecule has 1 aliphatic rings. The number of hydrogen-bond donors (Lipinski definition) is 2. The van der Waals surface area contributed by atoms with Gasteiger partial charge >= 0.3 is 0 Å². The van der Waals surface area contributed by atoms with Gasteiger partial charge in [-0.3, -0.25) is 4.79 Å². The van der Waals surface area contributed by atoms with Gasteiger partial charge in [0.15, 0.2) is 0 Å². The van der Waals surface area contributed by atoms with Gasteiger partial charge < -0.3 is 20.5 Å². The Bertz CT molecular complexity index is 263. The van der Waals surface area contributed by atoms with Gasteiger partial charge in [-0.05, 0) is 25.2 Å². The van der Waals surface area contributed by atoms with Gasteiger partial charge in [0.2, 0.25) is 5.91 Å². The minimum atomic E-state index is -0.434. The van der Waals surface area contributed by atoms with E-state index in [0.717, 1.165) is 13.0 Å². The maximum Gasteiger partial charge on any atom is 0.227 e. The lowest BCUT2D eigenvalue weighted by atomic mass is 9.79. The predicted molar refractivity (Wildman–Crippen MR) is 74.8 cm³/mol. The SMILES string of the molecule is CC(C)CCOCCNC(=O)C1(CN)CCOCC1. The van der Waals surface area contributed by atoms with E-state index in [1.807, 2.05) is 0 Å². The number of ether oxygens (including phenoxy) is 2. The van der Waals surface area contributed by atoms with Crippen LogP contribution in [0.5, 0.6) is 0 Å². The summed E-state index contributed by atoms with van der Waals surface area (Å²) < 4.78 is 10.8. The third-order valence-corrected chi connectivity index (χ3v) is 3.69. The Morgan fingerprint density at radius 1 is 1.37 bits per heavy atom. The number of nitrogens with two attached hydrogens (primary N) is 1. The summed E-state index contributed by atoms with van der Waals surface area (Å²) in [4.78, 5) is 12.2. The Kier molecular flexibility index (Phi) is 7.34. The molecule has 1 heterocycles. The second kappa shape index (κ2) is 8.51. The summed E-state index contributed by atoms with van der Waals surface area (Å²) in [6.07, 6.45) is 2.48. The topological polar surface area (TPSA) is 73.6 Å². The molecular formula is C14H28N2O3. The molecule has 1 fully saturated rings. The van der Waals surface area contributed by atoms with E-state index in [-0.39, 0.29) is 5.91 Å². The van der Waals surface area contributed by atoms with E-state index in [0.29, 0.717) is 51.7 Å². The monoisotopic (exact) mass is 272 g/mol. The fourth-order valence-corrected chi connectivity index (χ4v) is 2.13. The fraction of sp³-hybridized carbons (Fsp3) is 0.929. The van der Waals surface area contributed by atoms with Crippen molar-refractivity contribution in [3.63, 3.8) is 0 Å².